The molecule has 1 saturated heterocycles. The van der Waals surface area contributed by atoms with Crippen LogP contribution in [0.1, 0.15) is 18.4 Å². The van der Waals surface area contributed by atoms with Gasteiger partial charge in [-0.05, 0) is 42.4 Å². The van der Waals surface area contributed by atoms with Crippen molar-refractivity contribution in [2.75, 3.05) is 0 Å². The van der Waals surface area contributed by atoms with Crippen LogP contribution in [0.5, 0.6) is 0 Å². The maximum atomic E-state index is 12.7. The van der Waals surface area contributed by atoms with Crippen molar-refractivity contribution < 1.29 is 9.59 Å². The summed E-state index contributed by atoms with van der Waals surface area (Å²) in [4.78, 5) is 26.8. The molecule has 4 aliphatic rings. The van der Waals surface area contributed by atoms with Gasteiger partial charge in [0.1, 0.15) is 0 Å². The fourth-order valence-electron chi connectivity index (χ4n) is 4.06. The molecule has 3 nitrogen and oxygen atoms in total. The number of likely N-dealkylation sites (tertiary alicyclic amines) is 1. The molecule has 1 saturated carbocycles. The molecule has 4 heteroatoms. The number of halogens is 1. The number of hydrogen-bond donors (Lipinski definition) is 0. The second kappa shape index (κ2) is 4.80. The number of imide groups is 1. The van der Waals surface area contributed by atoms with E-state index < -0.39 is 0 Å². The molecule has 0 radical (unpaired) electrons. The van der Waals surface area contributed by atoms with Gasteiger partial charge in [0.15, 0.2) is 0 Å². The van der Waals surface area contributed by atoms with Crippen LogP contribution < -0.4 is 0 Å². The van der Waals surface area contributed by atoms with Crippen molar-refractivity contribution >= 4 is 27.7 Å². The normalized spacial score (nSPS) is 33.7. The third kappa shape index (κ3) is 2.00. The minimum Gasteiger partial charge on any atom is -0.278 e. The Kier molecular flexibility index (Phi) is 3.03. The smallest absolute Gasteiger partial charge is 0.234 e. The molecular formula is C17H16BrNO2. The summed E-state index contributed by atoms with van der Waals surface area (Å²) < 4.78 is 1.00. The Hall–Kier alpha value is -1.42. The Bertz CT molecular complexity index is 605. The van der Waals surface area contributed by atoms with Crippen LogP contribution in [-0.4, -0.2) is 16.7 Å². The van der Waals surface area contributed by atoms with E-state index in [1.165, 1.54) is 4.90 Å². The zero-order valence-corrected chi connectivity index (χ0v) is 13.1. The fraction of sp³-hybridized carbons (Fsp3) is 0.412. The number of hydrogen-bond acceptors (Lipinski definition) is 2. The topological polar surface area (TPSA) is 37.4 Å². The van der Waals surface area contributed by atoms with Gasteiger partial charge in [-0.2, -0.15) is 0 Å². The molecule has 1 aromatic rings. The zero-order chi connectivity index (χ0) is 14.6. The molecule has 0 N–H and O–H groups in total. The first kappa shape index (κ1) is 13.3. The first-order valence-electron chi connectivity index (χ1n) is 7.43. The number of carbonyl (C=O) groups is 2. The number of rotatable bonds is 2. The first-order valence-corrected chi connectivity index (χ1v) is 8.22. The molecule has 3 aliphatic carbocycles. The maximum Gasteiger partial charge on any atom is 0.234 e. The highest BCUT2D eigenvalue weighted by molar-refractivity contribution is 9.10. The molecule has 0 aromatic heterocycles. The van der Waals surface area contributed by atoms with E-state index in [1.54, 1.807) is 0 Å². The van der Waals surface area contributed by atoms with Crippen molar-refractivity contribution in [2.24, 2.45) is 23.7 Å². The largest absolute Gasteiger partial charge is 0.278 e. The van der Waals surface area contributed by atoms with Gasteiger partial charge in [0.2, 0.25) is 11.8 Å². The van der Waals surface area contributed by atoms with Gasteiger partial charge in [0.05, 0.1) is 18.4 Å². The van der Waals surface area contributed by atoms with Crippen molar-refractivity contribution in [3.8, 4) is 0 Å². The molecule has 4 atom stereocenters. The lowest BCUT2D eigenvalue weighted by atomic mass is 9.63. The number of allylic oxidation sites excluding steroid dienone is 2. The molecule has 2 fully saturated rings. The van der Waals surface area contributed by atoms with E-state index in [0.29, 0.717) is 6.54 Å². The summed E-state index contributed by atoms with van der Waals surface area (Å²) in [5, 5.41) is 0. The van der Waals surface area contributed by atoms with Crippen molar-refractivity contribution in [3.63, 3.8) is 0 Å². The molecule has 2 amide bonds. The molecule has 21 heavy (non-hydrogen) atoms. The number of benzene rings is 1. The van der Waals surface area contributed by atoms with Gasteiger partial charge in [-0.1, -0.05) is 40.2 Å². The van der Waals surface area contributed by atoms with Crippen molar-refractivity contribution in [2.45, 2.75) is 19.4 Å². The van der Waals surface area contributed by atoms with E-state index in [4.69, 9.17) is 0 Å². The van der Waals surface area contributed by atoms with Crippen LogP contribution in [0.4, 0.5) is 0 Å². The number of carbonyl (C=O) groups excluding carboxylic acids is 2. The number of amides is 2. The molecular weight excluding hydrogens is 330 g/mol. The summed E-state index contributed by atoms with van der Waals surface area (Å²) in [6, 6.07) is 7.80. The van der Waals surface area contributed by atoms with Gasteiger partial charge in [0, 0.05) is 4.47 Å². The molecule has 108 valence electrons. The summed E-state index contributed by atoms with van der Waals surface area (Å²) in [6.45, 7) is 0.400. The summed E-state index contributed by atoms with van der Waals surface area (Å²) in [5.74, 6) is 0.407. The molecule has 0 unspecified atom stereocenters. The Morgan fingerprint density at radius 1 is 0.952 bits per heavy atom. The van der Waals surface area contributed by atoms with E-state index in [1.807, 2.05) is 24.3 Å². The molecule has 2 bridgehead atoms. The number of nitrogens with zero attached hydrogens (tertiary/aromatic N) is 1. The second-order valence-corrected chi connectivity index (χ2v) is 7.15. The van der Waals surface area contributed by atoms with E-state index in [0.717, 1.165) is 22.9 Å². The Labute approximate surface area is 132 Å². The van der Waals surface area contributed by atoms with Crippen LogP contribution >= 0.6 is 15.9 Å². The van der Waals surface area contributed by atoms with Crippen LogP contribution in [-0.2, 0) is 16.1 Å². The van der Waals surface area contributed by atoms with E-state index in [9.17, 15) is 9.59 Å². The SMILES string of the molecule is O=C1[C@@H]2[C@@H](C(=O)N1Cc1ccc(Br)cc1)[C@H]1C=C[C@@H]2CC1. The third-order valence-corrected chi connectivity index (χ3v) is 5.63. The van der Waals surface area contributed by atoms with Crippen molar-refractivity contribution in [1.29, 1.82) is 0 Å². The van der Waals surface area contributed by atoms with Gasteiger partial charge >= 0.3 is 0 Å². The average Bonchev–Trinajstić information content (AvgIpc) is 2.78. The maximum absolute atomic E-state index is 12.7. The summed E-state index contributed by atoms with van der Waals surface area (Å²) in [5.41, 5.74) is 0.999. The summed E-state index contributed by atoms with van der Waals surface area (Å²) in [6.07, 6.45) is 6.41. The predicted molar refractivity (Wildman–Crippen MR) is 82.0 cm³/mol. The average molecular weight is 346 g/mol. The predicted octanol–water partition coefficient (Wildman–Crippen LogP) is 3.15. The van der Waals surface area contributed by atoms with E-state index in [-0.39, 0.29) is 35.5 Å². The minimum atomic E-state index is -0.100. The monoisotopic (exact) mass is 345 g/mol. The molecule has 5 rings (SSSR count). The Balaban J connectivity index is 1.61. The third-order valence-electron chi connectivity index (χ3n) is 5.10. The van der Waals surface area contributed by atoms with Gasteiger partial charge in [-0.3, -0.25) is 14.5 Å². The highest BCUT2D eigenvalue weighted by Gasteiger charge is 2.56. The molecule has 1 heterocycles. The lowest BCUT2D eigenvalue weighted by Gasteiger charge is -2.38. The molecule has 1 aromatic carbocycles. The van der Waals surface area contributed by atoms with Crippen molar-refractivity contribution in [1.82, 2.24) is 4.90 Å². The van der Waals surface area contributed by atoms with Gasteiger partial charge < -0.3 is 0 Å². The van der Waals surface area contributed by atoms with Gasteiger partial charge in [-0.25, -0.2) is 0 Å². The zero-order valence-electron chi connectivity index (χ0n) is 11.5. The molecule has 1 aliphatic heterocycles. The lowest BCUT2D eigenvalue weighted by molar-refractivity contribution is -0.140. The van der Waals surface area contributed by atoms with Crippen molar-refractivity contribution in [3.05, 3.63) is 46.5 Å². The van der Waals surface area contributed by atoms with Crippen LogP contribution in [0.3, 0.4) is 0 Å². The highest BCUT2D eigenvalue weighted by atomic mass is 79.9. The second-order valence-electron chi connectivity index (χ2n) is 6.23. The van der Waals surface area contributed by atoms with Crippen LogP contribution in [0, 0.1) is 23.7 Å². The minimum absolute atomic E-state index is 0.0342. The van der Waals surface area contributed by atoms with E-state index >= 15 is 0 Å². The summed E-state index contributed by atoms with van der Waals surface area (Å²) >= 11 is 3.40. The van der Waals surface area contributed by atoms with Gasteiger partial charge in [-0.15, -0.1) is 0 Å². The Morgan fingerprint density at radius 2 is 1.48 bits per heavy atom. The standard InChI is InChI=1S/C17H16BrNO2/c18-13-7-1-10(2-8-13)9-19-16(20)14-11-3-4-12(6-5-11)15(14)17(19)21/h1-4,7-8,11-12,14-15H,5-6,9H2/t11-,12+,14-,15-/m0/s1. The van der Waals surface area contributed by atoms with Crippen LogP contribution in [0.15, 0.2) is 40.9 Å². The summed E-state index contributed by atoms with van der Waals surface area (Å²) in [7, 11) is 0. The van der Waals surface area contributed by atoms with Crippen LogP contribution in [0.2, 0.25) is 0 Å². The fourth-order valence-corrected chi connectivity index (χ4v) is 4.33. The lowest BCUT2D eigenvalue weighted by Crippen LogP contribution is -2.38. The Morgan fingerprint density at radius 3 is 1.95 bits per heavy atom. The number of fused-ring (bicyclic) bond motifs is 1. The van der Waals surface area contributed by atoms with Gasteiger partial charge in [0.25, 0.3) is 0 Å². The first-order chi connectivity index (χ1) is 10.1. The molecule has 0 spiro atoms. The highest BCUT2D eigenvalue weighted by Crippen LogP contribution is 2.49. The quantitative estimate of drug-likeness (QED) is 0.609. The van der Waals surface area contributed by atoms with Crippen LogP contribution in [0.25, 0.3) is 0 Å². The van der Waals surface area contributed by atoms with E-state index in [2.05, 4.69) is 28.1 Å².